The van der Waals surface area contributed by atoms with Crippen LogP contribution in [-0.4, -0.2) is 4.98 Å². The predicted molar refractivity (Wildman–Crippen MR) is 73.0 cm³/mol. The van der Waals surface area contributed by atoms with Gasteiger partial charge in [0.2, 0.25) is 5.89 Å². The lowest BCUT2D eigenvalue weighted by Gasteiger charge is -2.02. The van der Waals surface area contributed by atoms with Crippen LogP contribution in [0.15, 0.2) is 53.1 Å². The van der Waals surface area contributed by atoms with Crippen molar-refractivity contribution in [3.63, 3.8) is 0 Å². The zero-order chi connectivity index (χ0) is 12.4. The second kappa shape index (κ2) is 4.65. The van der Waals surface area contributed by atoms with Crippen molar-refractivity contribution in [1.29, 1.82) is 0 Å². The van der Waals surface area contributed by atoms with Gasteiger partial charge >= 0.3 is 0 Å². The molecular formula is C16H15NO. The highest BCUT2D eigenvalue weighted by Gasteiger charge is 2.09. The number of nitrogens with zero attached hydrogens (tertiary/aromatic N) is 1. The van der Waals surface area contributed by atoms with Crippen LogP contribution in [0.4, 0.5) is 0 Å². The Labute approximate surface area is 107 Å². The SMILES string of the molecule is Cc1ccc(-c2ncc(C3=CCCC=C3)o2)cc1. The van der Waals surface area contributed by atoms with Gasteiger partial charge in [-0.25, -0.2) is 4.98 Å². The molecule has 2 heteroatoms. The lowest BCUT2D eigenvalue weighted by molar-refractivity contribution is 0.561. The molecule has 0 unspecified atom stereocenters. The van der Waals surface area contributed by atoms with E-state index in [-0.39, 0.29) is 0 Å². The molecule has 0 radical (unpaired) electrons. The van der Waals surface area contributed by atoms with E-state index in [2.05, 4.69) is 42.3 Å². The number of oxazole rings is 1. The molecule has 1 aliphatic rings. The predicted octanol–water partition coefficient (Wildman–Crippen LogP) is 4.38. The summed E-state index contributed by atoms with van der Waals surface area (Å²) in [5.41, 5.74) is 3.39. The molecule has 3 rings (SSSR count). The molecule has 0 N–H and O–H groups in total. The molecule has 0 spiro atoms. The van der Waals surface area contributed by atoms with Crippen molar-refractivity contribution in [3.05, 3.63) is 60.0 Å². The van der Waals surface area contributed by atoms with Gasteiger partial charge in [-0.05, 0) is 31.9 Å². The summed E-state index contributed by atoms with van der Waals surface area (Å²) < 4.78 is 5.82. The Morgan fingerprint density at radius 1 is 1.11 bits per heavy atom. The average Bonchev–Trinajstić information content (AvgIpc) is 2.90. The van der Waals surface area contributed by atoms with Gasteiger partial charge in [0, 0.05) is 11.1 Å². The number of rotatable bonds is 2. The van der Waals surface area contributed by atoms with Crippen molar-refractivity contribution >= 4 is 5.57 Å². The van der Waals surface area contributed by atoms with Gasteiger partial charge in [-0.1, -0.05) is 35.9 Å². The van der Waals surface area contributed by atoms with Crippen molar-refractivity contribution in [2.45, 2.75) is 19.8 Å². The number of hydrogen-bond acceptors (Lipinski definition) is 2. The maximum absolute atomic E-state index is 5.82. The minimum atomic E-state index is 0.685. The van der Waals surface area contributed by atoms with Gasteiger partial charge in [-0.15, -0.1) is 0 Å². The Kier molecular flexibility index (Phi) is 2.85. The van der Waals surface area contributed by atoms with Crippen LogP contribution in [0.3, 0.4) is 0 Å². The van der Waals surface area contributed by atoms with Crippen molar-refractivity contribution < 1.29 is 4.42 Å². The molecular weight excluding hydrogens is 222 g/mol. The Morgan fingerprint density at radius 3 is 2.67 bits per heavy atom. The van der Waals surface area contributed by atoms with Crippen LogP contribution in [0.25, 0.3) is 17.0 Å². The summed E-state index contributed by atoms with van der Waals surface area (Å²) >= 11 is 0. The molecule has 0 aliphatic heterocycles. The minimum Gasteiger partial charge on any atom is -0.436 e. The van der Waals surface area contributed by atoms with Crippen molar-refractivity contribution in [3.8, 4) is 11.5 Å². The van der Waals surface area contributed by atoms with Gasteiger partial charge < -0.3 is 4.42 Å². The fourth-order valence-electron chi connectivity index (χ4n) is 2.03. The lowest BCUT2D eigenvalue weighted by Crippen LogP contribution is -1.82. The highest BCUT2D eigenvalue weighted by atomic mass is 16.4. The number of aryl methyl sites for hydroxylation is 1. The molecule has 0 saturated heterocycles. The molecule has 0 saturated carbocycles. The van der Waals surface area contributed by atoms with Crippen molar-refractivity contribution in [2.24, 2.45) is 0 Å². The molecule has 0 fully saturated rings. The summed E-state index contributed by atoms with van der Waals surface area (Å²) in [6, 6.07) is 8.21. The van der Waals surface area contributed by atoms with Gasteiger partial charge in [0.1, 0.15) is 0 Å². The van der Waals surface area contributed by atoms with Crippen molar-refractivity contribution in [1.82, 2.24) is 4.98 Å². The number of benzene rings is 1. The molecule has 18 heavy (non-hydrogen) atoms. The molecule has 90 valence electrons. The molecule has 0 amide bonds. The van der Waals surface area contributed by atoms with Gasteiger partial charge in [0.25, 0.3) is 0 Å². The van der Waals surface area contributed by atoms with E-state index >= 15 is 0 Å². The van der Waals surface area contributed by atoms with E-state index in [1.165, 1.54) is 5.56 Å². The smallest absolute Gasteiger partial charge is 0.226 e. The largest absolute Gasteiger partial charge is 0.436 e. The Morgan fingerprint density at radius 2 is 1.94 bits per heavy atom. The second-order valence-corrected chi connectivity index (χ2v) is 4.53. The number of hydrogen-bond donors (Lipinski definition) is 0. The first kappa shape index (κ1) is 11.0. The highest BCUT2D eigenvalue weighted by molar-refractivity contribution is 5.72. The van der Waals surface area contributed by atoms with Crippen LogP contribution in [0, 0.1) is 6.92 Å². The molecule has 1 aromatic heterocycles. The molecule has 1 aromatic carbocycles. The van der Waals surface area contributed by atoms with E-state index in [0.717, 1.165) is 29.7 Å². The van der Waals surface area contributed by atoms with Crippen LogP contribution >= 0.6 is 0 Å². The van der Waals surface area contributed by atoms with Crippen LogP contribution in [0.1, 0.15) is 24.2 Å². The van der Waals surface area contributed by atoms with Gasteiger partial charge in [-0.2, -0.15) is 0 Å². The molecule has 1 aliphatic carbocycles. The fourth-order valence-corrected chi connectivity index (χ4v) is 2.03. The topological polar surface area (TPSA) is 26.0 Å². The van der Waals surface area contributed by atoms with Crippen LogP contribution < -0.4 is 0 Å². The zero-order valence-corrected chi connectivity index (χ0v) is 10.4. The summed E-state index contributed by atoms with van der Waals surface area (Å²) in [6.45, 7) is 2.07. The molecule has 0 bridgehead atoms. The second-order valence-electron chi connectivity index (χ2n) is 4.53. The normalized spacial score (nSPS) is 14.6. The summed E-state index contributed by atoms with van der Waals surface area (Å²) in [5.74, 6) is 1.53. The Balaban J connectivity index is 1.91. The highest BCUT2D eigenvalue weighted by Crippen LogP contribution is 2.26. The van der Waals surface area contributed by atoms with Crippen LogP contribution in [-0.2, 0) is 0 Å². The maximum Gasteiger partial charge on any atom is 0.226 e. The standard InChI is InChI=1S/C16H15NO/c1-12-7-9-14(10-8-12)16-17-11-15(18-16)13-5-3-2-4-6-13/h3,5-11H,2,4H2,1H3. The average molecular weight is 237 g/mol. The Hall–Kier alpha value is -2.09. The first-order chi connectivity index (χ1) is 8.83. The number of aromatic nitrogens is 1. The quantitative estimate of drug-likeness (QED) is 0.774. The van der Waals surface area contributed by atoms with E-state index in [4.69, 9.17) is 4.42 Å². The first-order valence-corrected chi connectivity index (χ1v) is 6.23. The molecule has 2 aromatic rings. The minimum absolute atomic E-state index is 0.685. The summed E-state index contributed by atoms with van der Waals surface area (Å²) in [5, 5.41) is 0. The fraction of sp³-hybridized carbons (Fsp3) is 0.188. The summed E-state index contributed by atoms with van der Waals surface area (Å²) in [6.07, 6.45) is 10.5. The van der Waals surface area contributed by atoms with E-state index in [1.807, 2.05) is 12.1 Å². The molecule has 1 heterocycles. The van der Waals surface area contributed by atoms with E-state index in [9.17, 15) is 0 Å². The lowest BCUT2D eigenvalue weighted by atomic mass is 10.1. The van der Waals surface area contributed by atoms with Gasteiger partial charge in [0.05, 0.1) is 6.20 Å². The molecule has 2 nitrogen and oxygen atoms in total. The summed E-state index contributed by atoms with van der Waals surface area (Å²) in [7, 11) is 0. The van der Waals surface area contributed by atoms with Crippen LogP contribution in [0.2, 0.25) is 0 Å². The molecule has 0 atom stereocenters. The van der Waals surface area contributed by atoms with Gasteiger partial charge in [0.15, 0.2) is 5.76 Å². The first-order valence-electron chi connectivity index (χ1n) is 6.23. The Bertz CT molecular complexity index is 602. The van der Waals surface area contributed by atoms with E-state index in [1.54, 1.807) is 6.20 Å². The van der Waals surface area contributed by atoms with E-state index in [0.29, 0.717) is 5.89 Å². The van der Waals surface area contributed by atoms with E-state index < -0.39 is 0 Å². The third-order valence-electron chi connectivity index (χ3n) is 3.08. The maximum atomic E-state index is 5.82. The van der Waals surface area contributed by atoms with Gasteiger partial charge in [-0.3, -0.25) is 0 Å². The number of allylic oxidation sites excluding steroid dienone is 4. The van der Waals surface area contributed by atoms with Crippen molar-refractivity contribution in [2.75, 3.05) is 0 Å². The third-order valence-corrected chi connectivity index (χ3v) is 3.08. The van der Waals surface area contributed by atoms with Crippen LogP contribution in [0.5, 0.6) is 0 Å². The third kappa shape index (κ3) is 2.14. The summed E-state index contributed by atoms with van der Waals surface area (Å²) in [4.78, 5) is 4.35. The zero-order valence-electron chi connectivity index (χ0n) is 10.4. The monoisotopic (exact) mass is 237 g/mol.